The fourth-order valence-electron chi connectivity index (χ4n) is 3.63. The number of Topliss-reactive ketones (excluding diaryl/α,β-unsaturated/α-hetero) is 2. The fourth-order valence-corrected chi connectivity index (χ4v) is 3.63. The van der Waals surface area contributed by atoms with Crippen molar-refractivity contribution in [2.45, 2.75) is 66.2 Å². The zero-order chi connectivity index (χ0) is 20.1. The van der Waals surface area contributed by atoms with Crippen LogP contribution in [0.25, 0.3) is 0 Å². The van der Waals surface area contributed by atoms with Crippen molar-refractivity contribution in [1.29, 1.82) is 5.26 Å². The Balaban J connectivity index is 0.000000284. The molecule has 0 radical (unpaired) electrons. The number of nitrogens with one attached hydrogen (secondary N) is 2. The molecule has 160 valence electrons. The Hall–Kier alpha value is -3.27. The van der Waals surface area contributed by atoms with Crippen LogP contribution in [0.5, 0.6) is 0 Å². The summed E-state index contributed by atoms with van der Waals surface area (Å²) in [4.78, 5) is 50.5. The van der Waals surface area contributed by atoms with Gasteiger partial charge in [0.2, 0.25) is 5.56 Å². The molecule has 0 atom stereocenters. The van der Waals surface area contributed by atoms with Crippen LogP contribution < -0.4 is 11.1 Å². The molecule has 2 aromatic heterocycles. The molecule has 7 heteroatoms. The van der Waals surface area contributed by atoms with Gasteiger partial charge in [-0.1, -0.05) is 14.9 Å². The average molecular weight is 412 g/mol. The maximum Gasteiger partial charge on any atom is 0.266 e. The number of pyridine rings is 2. The van der Waals surface area contributed by atoms with Gasteiger partial charge in [-0.3, -0.25) is 19.2 Å². The van der Waals surface area contributed by atoms with Crippen molar-refractivity contribution in [1.82, 2.24) is 9.97 Å². The minimum absolute atomic E-state index is 0. The van der Waals surface area contributed by atoms with Crippen molar-refractivity contribution in [3.8, 4) is 6.07 Å². The Morgan fingerprint density at radius 1 is 0.767 bits per heavy atom. The molecule has 7 nitrogen and oxygen atoms in total. The number of rotatable bonds is 0. The maximum absolute atomic E-state index is 11.7. The summed E-state index contributed by atoms with van der Waals surface area (Å²) in [5.74, 6) is 0.180. The Kier molecular flexibility index (Phi) is 9.13. The molecule has 4 rings (SSSR count). The summed E-state index contributed by atoms with van der Waals surface area (Å²) in [5.41, 5.74) is 2.35. The highest BCUT2D eigenvalue weighted by Crippen LogP contribution is 2.21. The van der Waals surface area contributed by atoms with E-state index in [2.05, 4.69) is 9.97 Å². The van der Waals surface area contributed by atoms with Crippen molar-refractivity contribution in [3.63, 3.8) is 0 Å². The molecule has 0 saturated heterocycles. The molecule has 0 aliphatic heterocycles. The van der Waals surface area contributed by atoms with Gasteiger partial charge in [-0.05, 0) is 49.7 Å². The predicted octanol–water partition coefficient (Wildman–Crippen LogP) is 3.71. The molecule has 0 unspecified atom stereocenters. The second kappa shape index (κ2) is 11.1. The second-order valence-electron chi connectivity index (χ2n) is 6.99. The van der Waals surface area contributed by atoms with Crippen LogP contribution in [0.3, 0.4) is 0 Å². The Morgan fingerprint density at radius 2 is 1.33 bits per heavy atom. The van der Waals surface area contributed by atoms with E-state index < -0.39 is 5.56 Å². The highest BCUT2D eigenvalue weighted by atomic mass is 16.1. The van der Waals surface area contributed by atoms with Crippen LogP contribution in [0.4, 0.5) is 0 Å². The van der Waals surface area contributed by atoms with E-state index in [1.807, 2.05) is 6.07 Å². The van der Waals surface area contributed by atoms with Gasteiger partial charge in [-0.15, -0.1) is 0 Å². The lowest BCUT2D eigenvalue weighted by atomic mass is 10.0. The van der Waals surface area contributed by atoms with Gasteiger partial charge in [-0.25, -0.2) is 0 Å². The lowest BCUT2D eigenvalue weighted by molar-refractivity contribution is 0.0973. The number of ketones is 2. The van der Waals surface area contributed by atoms with Gasteiger partial charge in [0, 0.05) is 42.4 Å². The van der Waals surface area contributed by atoms with Crippen molar-refractivity contribution in [3.05, 3.63) is 67.0 Å². The summed E-state index contributed by atoms with van der Waals surface area (Å²) in [6, 6.07) is 3.42. The third-order valence-corrected chi connectivity index (χ3v) is 5.10. The monoisotopic (exact) mass is 411 g/mol. The number of aromatic amines is 2. The lowest BCUT2D eigenvalue weighted by Gasteiger charge is -2.04. The van der Waals surface area contributed by atoms with Crippen LogP contribution in [0.1, 0.15) is 90.8 Å². The highest BCUT2D eigenvalue weighted by Gasteiger charge is 2.20. The first-order valence-electron chi connectivity index (χ1n) is 9.44. The Bertz CT molecular complexity index is 1070. The van der Waals surface area contributed by atoms with E-state index in [4.69, 9.17) is 5.26 Å². The van der Waals surface area contributed by atoms with Gasteiger partial charge in [0.05, 0.1) is 0 Å². The quantitative estimate of drug-likeness (QED) is 0.640. The topological polar surface area (TPSA) is 124 Å². The fraction of sp³-hybridized carbons (Fsp3) is 0.435. The minimum Gasteiger partial charge on any atom is -0.328 e. The first-order valence-corrected chi connectivity index (χ1v) is 9.44. The molecule has 0 spiro atoms. The number of aromatic nitrogens is 2. The molecular weight excluding hydrogens is 382 g/mol. The molecule has 2 aliphatic carbocycles. The number of hydrogen-bond donors (Lipinski definition) is 2. The van der Waals surface area contributed by atoms with E-state index in [0.29, 0.717) is 36.0 Å². The minimum atomic E-state index is -0.397. The smallest absolute Gasteiger partial charge is 0.266 e. The molecule has 0 amide bonds. The normalized spacial score (nSPS) is 14.8. The van der Waals surface area contributed by atoms with E-state index in [1.54, 1.807) is 12.3 Å². The zero-order valence-corrected chi connectivity index (χ0v) is 15.5. The molecular formula is C23H29N3O4. The zero-order valence-electron chi connectivity index (χ0n) is 15.5. The number of aryl methyl sites for hydroxylation is 1. The highest BCUT2D eigenvalue weighted by molar-refractivity contribution is 5.98. The van der Waals surface area contributed by atoms with Crippen LogP contribution in [-0.4, -0.2) is 21.5 Å². The number of fused-ring (bicyclic) bond motifs is 2. The number of hydrogen-bond acceptors (Lipinski definition) is 5. The SMILES string of the molecule is C.C.N#Cc1c2c(c[nH]c1=O)C(=O)CCCC2.O=C1CCCCc2cc(=O)[nH]cc21. The van der Waals surface area contributed by atoms with Gasteiger partial charge in [0.15, 0.2) is 11.6 Å². The summed E-state index contributed by atoms with van der Waals surface area (Å²) in [5, 5.41) is 8.87. The maximum atomic E-state index is 11.7. The molecule has 0 aromatic carbocycles. The van der Waals surface area contributed by atoms with Gasteiger partial charge in [0.25, 0.3) is 5.56 Å². The molecule has 2 aliphatic rings. The van der Waals surface area contributed by atoms with E-state index in [1.165, 1.54) is 6.20 Å². The van der Waals surface area contributed by atoms with Crippen LogP contribution in [0, 0.1) is 11.3 Å². The van der Waals surface area contributed by atoms with E-state index in [9.17, 15) is 19.2 Å². The van der Waals surface area contributed by atoms with E-state index in [-0.39, 0.29) is 37.5 Å². The first-order chi connectivity index (χ1) is 13.5. The Labute approximate surface area is 176 Å². The van der Waals surface area contributed by atoms with Crippen LogP contribution in [-0.2, 0) is 12.8 Å². The standard InChI is InChI=1S/C11H10N2O2.C10H11NO2.2CH4/c12-5-8-7-3-1-2-4-10(14)9(7)6-13-11(8)15;12-9-4-2-1-3-7-5-10(13)11-6-8(7)9;;/h6H,1-4H2,(H,13,15);5-6H,1-4H2,(H,11,13);2*1H4. The largest absolute Gasteiger partial charge is 0.328 e. The van der Waals surface area contributed by atoms with Crippen molar-refractivity contribution in [2.75, 3.05) is 0 Å². The third kappa shape index (κ3) is 5.41. The third-order valence-electron chi connectivity index (χ3n) is 5.10. The van der Waals surface area contributed by atoms with Gasteiger partial charge < -0.3 is 9.97 Å². The molecule has 30 heavy (non-hydrogen) atoms. The average Bonchev–Trinajstić information content (AvgIpc) is 2.98. The molecule has 2 aromatic rings. The van der Waals surface area contributed by atoms with Crippen molar-refractivity contribution < 1.29 is 9.59 Å². The molecule has 2 heterocycles. The van der Waals surface area contributed by atoms with Gasteiger partial charge >= 0.3 is 0 Å². The number of carbonyl (C=O) groups excluding carboxylic acids is 2. The van der Waals surface area contributed by atoms with Crippen molar-refractivity contribution in [2.24, 2.45) is 0 Å². The van der Waals surface area contributed by atoms with Crippen LogP contribution in [0.2, 0.25) is 0 Å². The van der Waals surface area contributed by atoms with Gasteiger partial charge in [0.1, 0.15) is 11.6 Å². The van der Waals surface area contributed by atoms with Crippen LogP contribution in [0.15, 0.2) is 28.0 Å². The number of nitriles is 1. The van der Waals surface area contributed by atoms with Crippen molar-refractivity contribution >= 4 is 11.6 Å². The molecule has 2 N–H and O–H groups in total. The summed E-state index contributed by atoms with van der Waals surface area (Å²) in [6.07, 6.45) is 9.21. The number of nitrogens with zero attached hydrogens (tertiary/aromatic N) is 1. The second-order valence-corrected chi connectivity index (χ2v) is 6.99. The summed E-state index contributed by atoms with van der Waals surface area (Å²) in [6.45, 7) is 0. The summed E-state index contributed by atoms with van der Waals surface area (Å²) >= 11 is 0. The first kappa shape index (κ1) is 24.8. The Morgan fingerprint density at radius 3 is 2.00 bits per heavy atom. The van der Waals surface area contributed by atoms with E-state index in [0.717, 1.165) is 37.7 Å². The molecule has 0 bridgehead atoms. The van der Waals surface area contributed by atoms with Crippen LogP contribution >= 0.6 is 0 Å². The van der Waals surface area contributed by atoms with E-state index >= 15 is 0 Å². The predicted molar refractivity (Wildman–Crippen MR) is 116 cm³/mol. The number of carbonyl (C=O) groups is 2. The lowest BCUT2D eigenvalue weighted by Crippen LogP contribution is -2.16. The number of H-pyrrole nitrogens is 2. The molecule has 0 saturated carbocycles. The van der Waals surface area contributed by atoms with Gasteiger partial charge in [-0.2, -0.15) is 5.26 Å². The molecule has 0 fully saturated rings. The summed E-state index contributed by atoms with van der Waals surface area (Å²) < 4.78 is 0. The summed E-state index contributed by atoms with van der Waals surface area (Å²) in [7, 11) is 0.